The number of hydrogen-bond donors (Lipinski definition) is 1. The third kappa shape index (κ3) is 4.23. The van der Waals surface area contributed by atoms with Crippen molar-refractivity contribution in [2.75, 3.05) is 19.8 Å². The van der Waals surface area contributed by atoms with Gasteiger partial charge in [-0.2, -0.15) is 0 Å². The van der Waals surface area contributed by atoms with Gasteiger partial charge in [-0.25, -0.2) is 0 Å². The first-order chi connectivity index (χ1) is 8.55. The minimum absolute atomic E-state index is 0.0355. The first kappa shape index (κ1) is 13.8. The van der Waals surface area contributed by atoms with Crippen LogP contribution in [0.3, 0.4) is 0 Å². The molecule has 2 heterocycles. The lowest BCUT2D eigenvalue weighted by molar-refractivity contribution is -0.139. The molecule has 2 aliphatic heterocycles. The van der Waals surface area contributed by atoms with Gasteiger partial charge in [-0.05, 0) is 33.1 Å². The molecule has 2 unspecified atom stereocenters. The zero-order chi connectivity index (χ0) is 13.0. The van der Waals surface area contributed by atoms with Gasteiger partial charge in [0.05, 0.1) is 12.7 Å². The average molecular weight is 257 g/mol. The topological polar surface area (TPSA) is 56.8 Å². The third-order valence-corrected chi connectivity index (χ3v) is 3.31. The summed E-state index contributed by atoms with van der Waals surface area (Å²) in [6.07, 6.45) is 3.80. The summed E-state index contributed by atoms with van der Waals surface area (Å²) in [4.78, 5) is 11.7. The summed E-state index contributed by atoms with van der Waals surface area (Å²) in [7, 11) is 0. The van der Waals surface area contributed by atoms with Crippen LogP contribution in [0.5, 0.6) is 0 Å². The molecule has 1 N–H and O–H groups in total. The van der Waals surface area contributed by atoms with E-state index in [4.69, 9.17) is 14.2 Å². The van der Waals surface area contributed by atoms with E-state index in [0.29, 0.717) is 19.6 Å². The zero-order valence-electron chi connectivity index (χ0n) is 11.2. The highest BCUT2D eigenvalue weighted by Gasteiger charge is 2.32. The minimum atomic E-state index is -0.521. The van der Waals surface area contributed by atoms with Gasteiger partial charge in [0.25, 0.3) is 0 Å². The molecule has 1 amide bonds. The van der Waals surface area contributed by atoms with E-state index in [-0.39, 0.29) is 18.1 Å². The van der Waals surface area contributed by atoms with Crippen LogP contribution in [-0.4, -0.2) is 43.7 Å². The number of carbonyl (C=O) groups is 1. The molecule has 0 bridgehead atoms. The van der Waals surface area contributed by atoms with E-state index in [1.807, 2.05) is 13.8 Å². The van der Waals surface area contributed by atoms with Crippen molar-refractivity contribution in [1.29, 1.82) is 0 Å². The van der Waals surface area contributed by atoms with E-state index in [0.717, 1.165) is 25.9 Å². The monoisotopic (exact) mass is 257 g/mol. The van der Waals surface area contributed by atoms with Crippen molar-refractivity contribution < 1.29 is 19.0 Å². The number of nitrogens with one attached hydrogen (secondary N) is 1. The van der Waals surface area contributed by atoms with Crippen molar-refractivity contribution in [3.63, 3.8) is 0 Å². The molecule has 0 radical (unpaired) electrons. The Morgan fingerprint density at radius 1 is 1.39 bits per heavy atom. The Balaban J connectivity index is 1.57. The minimum Gasteiger partial charge on any atom is -0.378 e. The highest BCUT2D eigenvalue weighted by molar-refractivity contribution is 5.75. The zero-order valence-corrected chi connectivity index (χ0v) is 11.2. The second-order valence-electron chi connectivity index (χ2n) is 5.43. The lowest BCUT2D eigenvalue weighted by Gasteiger charge is -2.17. The van der Waals surface area contributed by atoms with Gasteiger partial charge in [-0.3, -0.25) is 4.79 Å². The van der Waals surface area contributed by atoms with E-state index >= 15 is 0 Å². The molecule has 2 fully saturated rings. The molecule has 2 rings (SSSR count). The maximum atomic E-state index is 11.7. The second kappa shape index (κ2) is 5.99. The first-order valence-electron chi connectivity index (χ1n) is 6.75. The summed E-state index contributed by atoms with van der Waals surface area (Å²) in [5.74, 6) is -0.452. The Labute approximate surface area is 108 Å². The fourth-order valence-corrected chi connectivity index (χ4v) is 2.34. The molecule has 2 saturated heterocycles. The largest absolute Gasteiger partial charge is 0.378 e. The molecule has 2 aliphatic rings. The van der Waals surface area contributed by atoms with Crippen LogP contribution >= 0.6 is 0 Å². The van der Waals surface area contributed by atoms with Crippen LogP contribution in [0, 0.1) is 0 Å². The lowest BCUT2D eigenvalue weighted by Crippen LogP contribution is -2.34. The van der Waals surface area contributed by atoms with Gasteiger partial charge in [-0.15, -0.1) is 0 Å². The normalized spacial score (nSPS) is 30.6. The Hall–Kier alpha value is -0.650. The van der Waals surface area contributed by atoms with Crippen LogP contribution in [0.25, 0.3) is 0 Å². The van der Waals surface area contributed by atoms with Gasteiger partial charge >= 0.3 is 0 Å². The highest BCUT2D eigenvalue weighted by Crippen LogP contribution is 2.21. The summed E-state index contributed by atoms with van der Waals surface area (Å²) < 4.78 is 16.5. The Morgan fingerprint density at radius 2 is 2.22 bits per heavy atom. The van der Waals surface area contributed by atoms with E-state index in [2.05, 4.69) is 5.32 Å². The van der Waals surface area contributed by atoms with E-state index in [9.17, 15) is 4.79 Å². The van der Waals surface area contributed by atoms with E-state index < -0.39 is 5.79 Å². The highest BCUT2D eigenvalue weighted by atomic mass is 16.7. The first-order valence-corrected chi connectivity index (χ1v) is 6.75. The molecule has 0 aromatic heterocycles. The van der Waals surface area contributed by atoms with Crippen LogP contribution in [-0.2, 0) is 19.0 Å². The SMILES string of the molecule is CC1(C)OCC(CNC(=O)CCC2CCCO2)O1. The summed E-state index contributed by atoms with van der Waals surface area (Å²) in [5, 5.41) is 2.89. The van der Waals surface area contributed by atoms with Gasteiger partial charge in [-0.1, -0.05) is 0 Å². The third-order valence-electron chi connectivity index (χ3n) is 3.31. The fourth-order valence-electron chi connectivity index (χ4n) is 2.34. The summed E-state index contributed by atoms with van der Waals surface area (Å²) >= 11 is 0. The summed E-state index contributed by atoms with van der Waals surface area (Å²) in [6, 6.07) is 0. The Bertz CT molecular complexity index is 287. The molecular formula is C13H23NO4. The van der Waals surface area contributed by atoms with Crippen molar-refractivity contribution in [3.8, 4) is 0 Å². The van der Waals surface area contributed by atoms with Gasteiger partial charge in [0.2, 0.25) is 5.91 Å². The molecule has 5 heteroatoms. The Kier molecular flexibility index (Phi) is 4.59. The standard InChI is InChI=1S/C13H23NO4/c1-13(2)17-9-11(18-13)8-14-12(15)6-5-10-4-3-7-16-10/h10-11H,3-9H2,1-2H3,(H,14,15). The molecule has 5 nitrogen and oxygen atoms in total. The summed E-state index contributed by atoms with van der Waals surface area (Å²) in [5.41, 5.74) is 0. The number of ether oxygens (including phenoxy) is 3. The number of carbonyl (C=O) groups excluding carboxylic acids is 1. The molecule has 0 saturated carbocycles. The summed E-state index contributed by atoms with van der Waals surface area (Å²) in [6.45, 7) is 5.67. The predicted molar refractivity (Wildman–Crippen MR) is 66.1 cm³/mol. The van der Waals surface area contributed by atoms with Crippen LogP contribution in [0.4, 0.5) is 0 Å². The lowest BCUT2D eigenvalue weighted by atomic mass is 10.1. The Morgan fingerprint density at radius 3 is 2.83 bits per heavy atom. The molecular weight excluding hydrogens is 234 g/mol. The second-order valence-corrected chi connectivity index (χ2v) is 5.43. The van der Waals surface area contributed by atoms with Crippen LogP contribution in [0.1, 0.15) is 39.5 Å². The molecule has 0 spiro atoms. The van der Waals surface area contributed by atoms with Crippen LogP contribution < -0.4 is 5.32 Å². The van der Waals surface area contributed by atoms with Gasteiger partial charge in [0.15, 0.2) is 5.79 Å². The van der Waals surface area contributed by atoms with Gasteiger partial charge in [0.1, 0.15) is 6.10 Å². The number of rotatable bonds is 5. The van der Waals surface area contributed by atoms with Crippen molar-refractivity contribution in [2.45, 2.75) is 57.5 Å². The van der Waals surface area contributed by atoms with Crippen molar-refractivity contribution in [1.82, 2.24) is 5.32 Å². The molecule has 0 aliphatic carbocycles. The fraction of sp³-hybridized carbons (Fsp3) is 0.923. The smallest absolute Gasteiger partial charge is 0.220 e. The van der Waals surface area contributed by atoms with Crippen molar-refractivity contribution >= 4 is 5.91 Å². The van der Waals surface area contributed by atoms with Crippen LogP contribution in [0.2, 0.25) is 0 Å². The van der Waals surface area contributed by atoms with Gasteiger partial charge in [0, 0.05) is 19.6 Å². The maximum absolute atomic E-state index is 11.7. The molecule has 104 valence electrons. The molecule has 0 aromatic carbocycles. The van der Waals surface area contributed by atoms with Crippen molar-refractivity contribution in [3.05, 3.63) is 0 Å². The van der Waals surface area contributed by atoms with E-state index in [1.54, 1.807) is 0 Å². The molecule has 18 heavy (non-hydrogen) atoms. The van der Waals surface area contributed by atoms with E-state index in [1.165, 1.54) is 0 Å². The van der Waals surface area contributed by atoms with Crippen LogP contribution in [0.15, 0.2) is 0 Å². The number of amides is 1. The number of hydrogen-bond acceptors (Lipinski definition) is 4. The maximum Gasteiger partial charge on any atom is 0.220 e. The van der Waals surface area contributed by atoms with Gasteiger partial charge < -0.3 is 19.5 Å². The van der Waals surface area contributed by atoms with Crippen molar-refractivity contribution in [2.24, 2.45) is 0 Å². The average Bonchev–Trinajstić information content (AvgIpc) is 2.93. The predicted octanol–water partition coefficient (Wildman–Crippen LogP) is 1.21. The molecule has 2 atom stereocenters. The molecule has 0 aromatic rings. The quantitative estimate of drug-likeness (QED) is 0.804.